The Labute approximate surface area is 79.4 Å². The number of piperidine rings is 1. The molecule has 72 valence electrons. The smallest absolute Gasteiger partial charge is 0.362 e. The van der Waals surface area contributed by atoms with E-state index in [9.17, 15) is 4.79 Å². The first-order valence-electron chi connectivity index (χ1n) is 4.09. The third kappa shape index (κ3) is 2.35. The predicted octanol–water partition coefficient (Wildman–Crippen LogP) is -2.30. The lowest BCUT2D eigenvalue weighted by Crippen LogP contribution is -3.00. The van der Waals surface area contributed by atoms with E-state index in [1.807, 2.05) is 14.1 Å². The molecule has 0 spiro atoms. The fourth-order valence-electron chi connectivity index (χ4n) is 1.78. The largest absolute Gasteiger partial charge is 1.00 e. The third-order valence-corrected chi connectivity index (χ3v) is 2.59. The van der Waals surface area contributed by atoms with Gasteiger partial charge in [-0.05, 0) is 12.8 Å². The second kappa shape index (κ2) is 4.10. The standard InChI is InChI=1S/C8H15NO2.ClH/c1-9(2)6-4-3-5-7(9)8(10)11;/h7H,3-6H2,1-2H3;1H. The third-order valence-electron chi connectivity index (χ3n) is 2.59. The molecule has 1 unspecified atom stereocenters. The van der Waals surface area contributed by atoms with Gasteiger partial charge in [0.1, 0.15) is 0 Å². The summed E-state index contributed by atoms with van der Waals surface area (Å²) in [6.07, 6.45) is 3.07. The van der Waals surface area contributed by atoms with Gasteiger partial charge in [-0.2, -0.15) is 0 Å². The Balaban J connectivity index is 0.00000121. The van der Waals surface area contributed by atoms with Crippen LogP contribution in [0.25, 0.3) is 0 Å². The number of rotatable bonds is 1. The molecule has 1 rings (SSSR count). The second-order valence-electron chi connectivity index (χ2n) is 3.85. The maximum Gasteiger partial charge on any atom is 0.362 e. The Morgan fingerprint density at radius 2 is 2.00 bits per heavy atom. The van der Waals surface area contributed by atoms with Crippen molar-refractivity contribution in [1.82, 2.24) is 0 Å². The SMILES string of the molecule is C[N+]1(C)CCCCC1C(=O)O.[Cl-]. The highest BCUT2D eigenvalue weighted by Gasteiger charge is 2.36. The maximum atomic E-state index is 10.8. The highest BCUT2D eigenvalue weighted by molar-refractivity contribution is 5.72. The molecule has 1 saturated heterocycles. The van der Waals surface area contributed by atoms with Crippen LogP contribution >= 0.6 is 0 Å². The number of halogens is 1. The monoisotopic (exact) mass is 193 g/mol. The van der Waals surface area contributed by atoms with Gasteiger partial charge in [0.2, 0.25) is 0 Å². The Hall–Kier alpha value is -0.280. The second-order valence-corrected chi connectivity index (χ2v) is 3.85. The molecular formula is C8H16ClNO2. The van der Waals surface area contributed by atoms with E-state index in [4.69, 9.17) is 5.11 Å². The fraction of sp³-hybridized carbons (Fsp3) is 0.875. The minimum absolute atomic E-state index is 0. The summed E-state index contributed by atoms with van der Waals surface area (Å²) >= 11 is 0. The highest BCUT2D eigenvalue weighted by atomic mass is 35.5. The summed E-state index contributed by atoms with van der Waals surface area (Å²) in [7, 11) is 4.00. The van der Waals surface area contributed by atoms with Crippen LogP contribution in [0.4, 0.5) is 0 Å². The van der Waals surface area contributed by atoms with Crippen LogP contribution in [0.2, 0.25) is 0 Å². The lowest BCUT2D eigenvalue weighted by Gasteiger charge is -2.38. The van der Waals surface area contributed by atoms with Gasteiger partial charge in [0.25, 0.3) is 0 Å². The van der Waals surface area contributed by atoms with Crippen LogP contribution in [-0.4, -0.2) is 42.2 Å². The molecule has 12 heavy (non-hydrogen) atoms. The van der Waals surface area contributed by atoms with Crippen LogP contribution in [0.5, 0.6) is 0 Å². The van der Waals surface area contributed by atoms with E-state index >= 15 is 0 Å². The highest BCUT2D eigenvalue weighted by Crippen LogP contribution is 2.21. The first-order chi connectivity index (χ1) is 5.04. The van der Waals surface area contributed by atoms with Crippen LogP contribution in [0.1, 0.15) is 19.3 Å². The predicted molar refractivity (Wildman–Crippen MR) is 42.3 cm³/mol. The quantitative estimate of drug-likeness (QED) is 0.476. The lowest BCUT2D eigenvalue weighted by atomic mass is 10.0. The molecule has 0 radical (unpaired) electrons. The maximum absolute atomic E-state index is 10.8. The summed E-state index contributed by atoms with van der Waals surface area (Å²) in [5.41, 5.74) is 0. The molecule has 0 aliphatic carbocycles. The average Bonchev–Trinajstić information content (AvgIpc) is 1.85. The molecule has 4 heteroatoms. The number of hydrogen-bond donors (Lipinski definition) is 1. The topological polar surface area (TPSA) is 37.3 Å². The molecule has 1 atom stereocenters. The summed E-state index contributed by atoms with van der Waals surface area (Å²) in [6, 6.07) is -0.177. The number of carboxylic acids is 1. The molecular weight excluding hydrogens is 178 g/mol. The van der Waals surface area contributed by atoms with E-state index in [0.717, 1.165) is 25.8 Å². The summed E-state index contributed by atoms with van der Waals surface area (Å²) < 4.78 is 0.648. The molecule has 0 bridgehead atoms. The number of nitrogens with zero attached hydrogens (tertiary/aromatic N) is 1. The zero-order valence-corrected chi connectivity index (χ0v) is 8.34. The molecule has 0 aromatic rings. The molecule has 0 amide bonds. The van der Waals surface area contributed by atoms with Crippen molar-refractivity contribution in [1.29, 1.82) is 0 Å². The van der Waals surface area contributed by atoms with Crippen LogP contribution in [0.3, 0.4) is 0 Å². The molecule has 1 aliphatic heterocycles. The Morgan fingerprint density at radius 3 is 2.33 bits per heavy atom. The average molecular weight is 194 g/mol. The molecule has 0 saturated carbocycles. The van der Waals surface area contributed by atoms with Crippen molar-refractivity contribution < 1.29 is 26.8 Å². The summed E-state index contributed by atoms with van der Waals surface area (Å²) in [4.78, 5) is 10.8. The van der Waals surface area contributed by atoms with Gasteiger partial charge in [0.15, 0.2) is 6.04 Å². The molecule has 1 heterocycles. The van der Waals surface area contributed by atoms with Crippen molar-refractivity contribution in [2.45, 2.75) is 25.3 Å². The van der Waals surface area contributed by atoms with Crippen molar-refractivity contribution >= 4 is 5.97 Å². The van der Waals surface area contributed by atoms with Crippen molar-refractivity contribution in [3.05, 3.63) is 0 Å². The van der Waals surface area contributed by atoms with E-state index in [1.54, 1.807) is 0 Å². The minimum atomic E-state index is -0.644. The van der Waals surface area contributed by atoms with Gasteiger partial charge in [0, 0.05) is 6.42 Å². The number of likely N-dealkylation sites (tertiary alicyclic amines) is 1. The molecule has 3 nitrogen and oxygen atoms in total. The van der Waals surface area contributed by atoms with E-state index in [0.29, 0.717) is 4.48 Å². The van der Waals surface area contributed by atoms with Crippen molar-refractivity contribution in [2.75, 3.05) is 20.6 Å². The zero-order valence-electron chi connectivity index (χ0n) is 7.59. The first-order valence-corrected chi connectivity index (χ1v) is 4.09. The van der Waals surface area contributed by atoms with Crippen LogP contribution < -0.4 is 12.4 Å². The van der Waals surface area contributed by atoms with Gasteiger partial charge in [-0.15, -0.1) is 0 Å². The van der Waals surface area contributed by atoms with Gasteiger partial charge in [-0.1, -0.05) is 0 Å². The molecule has 1 N–H and O–H groups in total. The number of quaternary nitrogens is 1. The molecule has 1 fully saturated rings. The molecule has 0 aromatic carbocycles. The summed E-state index contributed by atoms with van der Waals surface area (Å²) in [6.45, 7) is 0.997. The minimum Gasteiger partial charge on any atom is -1.00 e. The number of hydrogen-bond acceptors (Lipinski definition) is 1. The molecule has 1 aliphatic rings. The first kappa shape index (κ1) is 11.7. The Morgan fingerprint density at radius 1 is 1.42 bits per heavy atom. The van der Waals surface area contributed by atoms with Crippen molar-refractivity contribution in [3.8, 4) is 0 Å². The number of likely N-dealkylation sites (N-methyl/N-ethyl adjacent to an activating group) is 1. The normalized spacial score (nSPS) is 27.3. The Kier molecular flexibility index (Phi) is 4.00. The fourth-order valence-corrected chi connectivity index (χ4v) is 1.78. The van der Waals surface area contributed by atoms with Gasteiger partial charge < -0.3 is 22.0 Å². The summed E-state index contributed by atoms with van der Waals surface area (Å²) in [5.74, 6) is -0.644. The van der Waals surface area contributed by atoms with Gasteiger partial charge in [-0.3, -0.25) is 0 Å². The van der Waals surface area contributed by atoms with E-state index in [2.05, 4.69) is 0 Å². The lowest BCUT2D eigenvalue weighted by molar-refractivity contribution is -0.911. The van der Waals surface area contributed by atoms with Gasteiger partial charge in [0.05, 0.1) is 20.6 Å². The van der Waals surface area contributed by atoms with Crippen LogP contribution in [0, 0.1) is 0 Å². The molecule has 0 aromatic heterocycles. The van der Waals surface area contributed by atoms with Crippen LogP contribution in [-0.2, 0) is 4.79 Å². The van der Waals surface area contributed by atoms with E-state index < -0.39 is 5.97 Å². The Bertz CT molecular complexity index is 170. The van der Waals surface area contributed by atoms with Crippen LogP contribution in [0.15, 0.2) is 0 Å². The van der Waals surface area contributed by atoms with Crippen molar-refractivity contribution in [3.63, 3.8) is 0 Å². The van der Waals surface area contributed by atoms with Gasteiger partial charge in [-0.25, -0.2) is 4.79 Å². The summed E-state index contributed by atoms with van der Waals surface area (Å²) in [5, 5.41) is 8.86. The number of carboxylic acid groups (broad SMARTS) is 1. The number of carbonyl (C=O) groups is 1. The zero-order chi connectivity index (χ0) is 8.48. The van der Waals surface area contributed by atoms with E-state index in [1.165, 1.54) is 0 Å². The van der Waals surface area contributed by atoms with E-state index in [-0.39, 0.29) is 18.4 Å². The number of aliphatic carboxylic acids is 1. The van der Waals surface area contributed by atoms with Gasteiger partial charge >= 0.3 is 5.97 Å². The van der Waals surface area contributed by atoms with Crippen molar-refractivity contribution in [2.24, 2.45) is 0 Å².